The molecule has 1 atom stereocenters. The highest BCUT2D eigenvalue weighted by molar-refractivity contribution is 7.99. The average Bonchev–Trinajstić information content (AvgIpc) is 2.41. The van der Waals surface area contributed by atoms with Crippen molar-refractivity contribution in [2.24, 2.45) is 0 Å². The summed E-state index contributed by atoms with van der Waals surface area (Å²) >= 11 is 1.88. The van der Waals surface area contributed by atoms with Crippen LogP contribution in [0.1, 0.15) is 46.0 Å². The minimum absolute atomic E-state index is 0.636. The third-order valence-electron chi connectivity index (χ3n) is 3.26. The van der Waals surface area contributed by atoms with E-state index >= 15 is 0 Å². The molecule has 1 unspecified atom stereocenters. The van der Waals surface area contributed by atoms with Crippen LogP contribution in [0.5, 0.6) is 0 Å². The second kappa shape index (κ2) is 11.6. The van der Waals surface area contributed by atoms with Gasteiger partial charge in [0.25, 0.3) is 0 Å². The van der Waals surface area contributed by atoms with Crippen LogP contribution in [0.4, 0.5) is 0 Å². The Morgan fingerprint density at radius 1 is 1.32 bits per heavy atom. The molecule has 0 amide bonds. The van der Waals surface area contributed by atoms with Crippen molar-refractivity contribution in [1.29, 1.82) is 0 Å². The Labute approximate surface area is 121 Å². The van der Waals surface area contributed by atoms with Gasteiger partial charge in [0.1, 0.15) is 5.54 Å². The molecule has 0 saturated carbocycles. The lowest BCUT2D eigenvalue weighted by Gasteiger charge is -2.29. The summed E-state index contributed by atoms with van der Waals surface area (Å²) in [5.74, 6) is 1.39. The van der Waals surface area contributed by atoms with Gasteiger partial charge in [0, 0.05) is 13.7 Å². The van der Waals surface area contributed by atoms with Crippen molar-refractivity contribution in [3.8, 4) is 0 Å². The fourth-order valence-electron chi connectivity index (χ4n) is 1.97. The fraction of sp³-hybridized carbons (Fsp3) is 0.929. The molecule has 0 rings (SSSR count). The van der Waals surface area contributed by atoms with Crippen molar-refractivity contribution >= 4 is 17.7 Å². The number of hydrogen-bond donors (Lipinski definition) is 2. The summed E-state index contributed by atoms with van der Waals surface area (Å²) in [4.78, 5) is 11.5. The summed E-state index contributed by atoms with van der Waals surface area (Å²) in [5, 5.41) is 12.7. The van der Waals surface area contributed by atoms with Gasteiger partial charge in [-0.1, -0.05) is 13.8 Å². The smallest absolute Gasteiger partial charge is 0.323 e. The van der Waals surface area contributed by atoms with Gasteiger partial charge < -0.3 is 15.2 Å². The summed E-state index contributed by atoms with van der Waals surface area (Å²) < 4.78 is 4.99. The minimum Gasteiger partial charge on any atom is -0.480 e. The van der Waals surface area contributed by atoms with Crippen molar-refractivity contribution < 1.29 is 14.6 Å². The standard InChI is InChI=1S/C14H29NO3S/c1-4-9-15-14(5-2,13(16)17)8-6-11-19-12-7-10-18-3/h15H,4-12H2,1-3H3,(H,16,17). The maximum absolute atomic E-state index is 11.5. The molecule has 4 nitrogen and oxygen atoms in total. The molecule has 0 radical (unpaired) electrons. The van der Waals surface area contributed by atoms with E-state index < -0.39 is 11.5 Å². The van der Waals surface area contributed by atoms with Gasteiger partial charge in [0.05, 0.1) is 0 Å². The first-order valence-corrected chi connectivity index (χ1v) is 8.33. The maximum Gasteiger partial charge on any atom is 0.323 e. The summed E-state index contributed by atoms with van der Waals surface area (Å²) in [5.41, 5.74) is -0.733. The molecule has 0 aromatic heterocycles. The van der Waals surface area contributed by atoms with E-state index in [0.717, 1.165) is 43.9 Å². The van der Waals surface area contributed by atoms with Crippen molar-refractivity contribution in [3.05, 3.63) is 0 Å². The van der Waals surface area contributed by atoms with E-state index in [0.29, 0.717) is 12.8 Å². The maximum atomic E-state index is 11.5. The molecule has 0 aromatic rings. The quantitative estimate of drug-likeness (QED) is 0.511. The van der Waals surface area contributed by atoms with Crippen molar-refractivity contribution in [3.63, 3.8) is 0 Å². The lowest BCUT2D eigenvalue weighted by molar-refractivity contribution is -0.145. The molecule has 0 spiro atoms. The normalized spacial score (nSPS) is 14.3. The van der Waals surface area contributed by atoms with E-state index in [1.807, 2.05) is 18.7 Å². The predicted molar refractivity (Wildman–Crippen MR) is 82.0 cm³/mol. The van der Waals surface area contributed by atoms with Crippen LogP contribution in [0.15, 0.2) is 0 Å². The second-order valence-electron chi connectivity index (χ2n) is 4.73. The summed E-state index contributed by atoms with van der Waals surface area (Å²) in [7, 11) is 1.71. The number of carboxylic acids is 1. The molecule has 0 aromatic carbocycles. The molecule has 0 saturated heterocycles. The second-order valence-corrected chi connectivity index (χ2v) is 5.95. The third kappa shape index (κ3) is 7.80. The van der Waals surface area contributed by atoms with E-state index in [2.05, 4.69) is 12.2 Å². The number of carbonyl (C=O) groups is 1. The van der Waals surface area contributed by atoms with Crippen LogP contribution in [-0.2, 0) is 9.53 Å². The zero-order chi connectivity index (χ0) is 14.6. The molecular formula is C14H29NO3S. The zero-order valence-corrected chi connectivity index (χ0v) is 13.4. The lowest BCUT2D eigenvalue weighted by atomic mass is 9.90. The highest BCUT2D eigenvalue weighted by Crippen LogP contribution is 2.20. The van der Waals surface area contributed by atoms with Crippen LogP contribution in [0, 0.1) is 0 Å². The minimum atomic E-state index is -0.733. The molecule has 0 heterocycles. The van der Waals surface area contributed by atoms with Gasteiger partial charge in [-0.05, 0) is 50.2 Å². The first kappa shape index (κ1) is 18.7. The van der Waals surface area contributed by atoms with Gasteiger partial charge in [-0.15, -0.1) is 0 Å². The third-order valence-corrected chi connectivity index (χ3v) is 4.41. The van der Waals surface area contributed by atoms with Crippen LogP contribution in [0.3, 0.4) is 0 Å². The number of hydrogen-bond acceptors (Lipinski definition) is 4. The number of nitrogens with one attached hydrogen (secondary N) is 1. The highest BCUT2D eigenvalue weighted by Gasteiger charge is 2.34. The molecule has 0 fully saturated rings. The van der Waals surface area contributed by atoms with Crippen molar-refractivity contribution in [1.82, 2.24) is 5.32 Å². The summed E-state index contributed by atoms with van der Waals surface area (Å²) in [6.45, 7) is 5.57. The topological polar surface area (TPSA) is 58.6 Å². The Morgan fingerprint density at radius 3 is 2.53 bits per heavy atom. The average molecular weight is 291 g/mol. The van der Waals surface area contributed by atoms with Crippen LogP contribution in [-0.4, -0.2) is 48.4 Å². The highest BCUT2D eigenvalue weighted by atomic mass is 32.2. The number of rotatable bonds is 13. The molecule has 0 aliphatic heterocycles. The van der Waals surface area contributed by atoms with E-state index in [9.17, 15) is 9.90 Å². The van der Waals surface area contributed by atoms with Crippen LogP contribution < -0.4 is 5.32 Å². The lowest BCUT2D eigenvalue weighted by Crippen LogP contribution is -2.52. The van der Waals surface area contributed by atoms with Crippen LogP contribution >= 0.6 is 11.8 Å². The monoisotopic (exact) mass is 291 g/mol. The number of ether oxygens (including phenoxy) is 1. The van der Waals surface area contributed by atoms with Crippen molar-refractivity contribution in [2.75, 3.05) is 31.8 Å². The fourth-order valence-corrected chi connectivity index (χ4v) is 2.85. The van der Waals surface area contributed by atoms with E-state index in [4.69, 9.17) is 4.74 Å². The van der Waals surface area contributed by atoms with Gasteiger partial charge in [-0.2, -0.15) is 11.8 Å². The number of thioether (sulfide) groups is 1. The van der Waals surface area contributed by atoms with Crippen LogP contribution in [0.2, 0.25) is 0 Å². The summed E-state index contributed by atoms with van der Waals surface area (Å²) in [6, 6.07) is 0. The SMILES string of the molecule is CCCNC(CC)(CCCSCCCOC)C(=O)O. The van der Waals surface area contributed by atoms with Crippen LogP contribution in [0.25, 0.3) is 0 Å². The first-order valence-electron chi connectivity index (χ1n) is 7.18. The molecular weight excluding hydrogens is 262 g/mol. The molecule has 0 bridgehead atoms. The predicted octanol–water partition coefficient (Wildman–Crippen LogP) is 2.77. The largest absolute Gasteiger partial charge is 0.480 e. The Kier molecular flexibility index (Phi) is 11.4. The zero-order valence-electron chi connectivity index (χ0n) is 12.5. The van der Waals surface area contributed by atoms with Gasteiger partial charge in [0.2, 0.25) is 0 Å². The number of carboxylic acid groups (broad SMARTS) is 1. The molecule has 5 heteroatoms. The van der Waals surface area contributed by atoms with E-state index in [-0.39, 0.29) is 0 Å². The van der Waals surface area contributed by atoms with E-state index in [1.54, 1.807) is 7.11 Å². The van der Waals surface area contributed by atoms with E-state index in [1.165, 1.54) is 0 Å². The molecule has 19 heavy (non-hydrogen) atoms. The van der Waals surface area contributed by atoms with Gasteiger partial charge >= 0.3 is 5.97 Å². The number of methoxy groups -OCH3 is 1. The van der Waals surface area contributed by atoms with Gasteiger partial charge in [-0.3, -0.25) is 4.79 Å². The number of aliphatic carboxylic acids is 1. The molecule has 0 aliphatic rings. The molecule has 2 N–H and O–H groups in total. The Hall–Kier alpha value is -0.260. The summed E-state index contributed by atoms with van der Waals surface area (Å²) in [6.07, 6.45) is 4.30. The Morgan fingerprint density at radius 2 is 2.00 bits per heavy atom. The van der Waals surface area contributed by atoms with Gasteiger partial charge in [-0.25, -0.2) is 0 Å². The van der Waals surface area contributed by atoms with Crippen molar-refractivity contribution in [2.45, 2.75) is 51.5 Å². The Bertz CT molecular complexity index is 239. The first-order chi connectivity index (χ1) is 9.13. The van der Waals surface area contributed by atoms with Gasteiger partial charge in [0.15, 0.2) is 0 Å². The molecule has 114 valence electrons. The molecule has 0 aliphatic carbocycles. The Balaban J connectivity index is 3.95.